The van der Waals surface area contributed by atoms with Crippen LogP contribution in [0.2, 0.25) is 0 Å². The van der Waals surface area contributed by atoms with Gasteiger partial charge < -0.3 is 10.2 Å². The van der Waals surface area contributed by atoms with E-state index in [-0.39, 0.29) is 11.8 Å². The first-order chi connectivity index (χ1) is 14.7. The van der Waals surface area contributed by atoms with Gasteiger partial charge in [0.25, 0.3) is 0 Å². The number of piperidine rings is 3. The average molecular weight is 416 g/mol. The third kappa shape index (κ3) is 4.42. The molecule has 168 valence electrons. The first-order valence-electron chi connectivity index (χ1n) is 13.0. The molecule has 1 N–H and O–H groups in total. The minimum absolute atomic E-state index is 0.215. The van der Waals surface area contributed by atoms with E-state index in [4.69, 9.17) is 0 Å². The van der Waals surface area contributed by atoms with Crippen molar-refractivity contribution in [1.82, 2.24) is 15.1 Å². The molecule has 0 aromatic rings. The van der Waals surface area contributed by atoms with Gasteiger partial charge in [-0.05, 0) is 95.1 Å². The molecular formula is C25H41N3O2. The summed E-state index contributed by atoms with van der Waals surface area (Å²) in [5.74, 6) is 2.98. The highest BCUT2D eigenvalue weighted by atomic mass is 16.2. The maximum Gasteiger partial charge on any atom is 0.225 e. The zero-order valence-corrected chi connectivity index (χ0v) is 18.7. The van der Waals surface area contributed by atoms with Crippen molar-refractivity contribution in [3.63, 3.8) is 0 Å². The number of rotatable bonds is 7. The maximum absolute atomic E-state index is 13.6. The van der Waals surface area contributed by atoms with Gasteiger partial charge >= 0.3 is 0 Å². The van der Waals surface area contributed by atoms with Gasteiger partial charge in [0.15, 0.2) is 0 Å². The molecule has 0 unspecified atom stereocenters. The zero-order chi connectivity index (χ0) is 20.5. The number of carbonyl (C=O) groups is 2. The minimum atomic E-state index is 0.215. The summed E-state index contributed by atoms with van der Waals surface area (Å²) in [7, 11) is 0. The Bertz CT molecular complexity index is 626. The van der Waals surface area contributed by atoms with Crippen LogP contribution in [0, 0.1) is 23.7 Å². The number of hydrogen-bond acceptors (Lipinski definition) is 3. The van der Waals surface area contributed by atoms with Crippen LogP contribution < -0.4 is 5.32 Å². The molecule has 3 saturated heterocycles. The first kappa shape index (κ1) is 20.8. The van der Waals surface area contributed by atoms with E-state index in [9.17, 15) is 9.59 Å². The van der Waals surface area contributed by atoms with Gasteiger partial charge in [0.2, 0.25) is 11.8 Å². The van der Waals surface area contributed by atoms with Crippen molar-refractivity contribution < 1.29 is 9.59 Å². The molecule has 0 aromatic carbocycles. The van der Waals surface area contributed by atoms with Crippen LogP contribution in [-0.2, 0) is 9.59 Å². The number of hydrogen-bond donors (Lipinski definition) is 1. The maximum atomic E-state index is 13.6. The second-order valence-corrected chi connectivity index (χ2v) is 10.9. The molecule has 0 spiro atoms. The number of carbonyl (C=O) groups excluding carboxylic acids is 2. The lowest BCUT2D eigenvalue weighted by atomic mass is 9.68. The van der Waals surface area contributed by atoms with E-state index < -0.39 is 0 Å². The fraction of sp³-hybridized carbons (Fsp3) is 0.920. The van der Waals surface area contributed by atoms with E-state index in [0.29, 0.717) is 36.2 Å². The normalized spacial score (nSPS) is 34.6. The van der Waals surface area contributed by atoms with Gasteiger partial charge in [0.1, 0.15) is 0 Å². The van der Waals surface area contributed by atoms with Crippen LogP contribution in [0.25, 0.3) is 0 Å². The van der Waals surface area contributed by atoms with Gasteiger partial charge in [0.05, 0.1) is 0 Å². The molecule has 3 aliphatic heterocycles. The molecular weight excluding hydrogens is 374 g/mol. The monoisotopic (exact) mass is 415 g/mol. The van der Waals surface area contributed by atoms with Crippen molar-refractivity contribution in [3.05, 3.63) is 0 Å². The largest absolute Gasteiger partial charge is 0.356 e. The van der Waals surface area contributed by atoms with Crippen LogP contribution in [0.3, 0.4) is 0 Å². The van der Waals surface area contributed by atoms with E-state index in [1.54, 1.807) is 0 Å². The highest BCUT2D eigenvalue weighted by molar-refractivity contribution is 5.79. The van der Waals surface area contributed by atoms with Crippen molar-refractivity contribution >= 4 is 11.8 Å². The molecule has 5 aliphatic rings. The standard InChI is InChI=1S/C25H41N3O2/c29-23(26-16-18-12-13-18)11-3-10-22-21-9-5-15-27-14-4-8-20(24(21)27)17-28(22)25(30)19-6-1-2-7-19/h18-22,24H,1-17H2,(H,26,29)/t20-,21+,22+,24-/m0/s1. The minimum Gasteiger partial charge on any atom is -0.356 e. The van der Waals surface area contributed by atoms with Crippen LogP contribution in [-0.4, -0.2) is 59.9 Å². The summed E-state index contributed by atoms with van der Waals surface area (Å²) < 4.78 is 0. The summed E-state index contributed by atoms with van der Waals surface area (Å²) in [6.07, 6.45) is 14.9. The van der Waals surface area contributed by atoms with Gasteiger partial charge in [-0.15, -0.1) is 0 Å². The Morgan fingerprint density at radius 2 is 1.67 bits per heavy atom. The highest BCUT2D eigenvalue weighted by Gasteiger charge is 2.50. The van der Waals surface area contributed by atoms with Crippen molar-refractivity contribution in [2.75, 3.05) is 26.2 Å². The summed E-state index contributed by atoms with van der Waals surface area (Å²) in [5, 5.41) is 3.12. The zero-order valence-electron chi connectivity index (χ0n) is 18.7. The Morgan fingerprint density at radius 3 is 2.43 bits per heavy atom. The third-order valence-corrected chi connectivity index (χ3v) is 8.85. The molecule has 2 amide bonds. The van der Waals surface area contributed by atoms with Crippen molar-refractivity contribution in [2.24, 2.45) is 23.7 Å². The number of nitrogens with one attached hydrogen (secondary N) is 1. The molecule has 5 nitrogen and oxygen atoms in total. The lowest BCUT2D eigenvalue weighted by molar-refractivity contribution is -0.150. The Balaban J connectivity index is 1.26. The van der Waals surface area contributed by atoms with Crippen LogP contribution in [0.15, 0.2) is 0 Å². The first-order valence-corrected chi connectivity index (χ1v) is 13.0. The number of nitrogens with zero attached hydrogens (tertiary/aromatic N) is 2. The molecule has 2 saturated carbocycles. The quantitative estimate of drug-likeness (QED) is 0.692. The van der Waals surface area contributed by atoms with Crippen LogP contribution >= 0.6 is 0 Å². The Kier molecular flexibility index (Phi) is 6.36. The summed E-state index contributed by atoms with van der Waals surface area (Å²) in [5.41, 5.74) is 0. The van der Waals surface area contributed by atoms with Gasteiger partial charge in [-0.2, -0.15) is 0 Å². The predicted molar refractivity (Wildman–Crippen MR) is 118 cm³/mol. The SMILES string of the molecule is O=C(CCC[C@@H]1[C@H]2CCCN3CCC[C@@H](CN1C(=O)C1CCCC1)[C@@H]23)NCC1CC1. The third-order valence-electron chi connectivity index (χ3n) is 8.85. The molecule has 5 fully saturated rings. The molecule has 0 aromatic heterocycles. The average Bonchev–Trinajstić information content (AvgIpc) is 3.44. The van der Waals surface area contributed by atoms with Crippen molar-refractivity contribution in [3.8, 4) is 0 Å². The smallest absolute Gasteiger partial charge is 0.225 e. The van der Waals surface area contributed by atoms with E-state index in [0.717, 1.165) is 44.7 Å². The predicted octanol–water partition coefficient (Wildman–Crippen LogP) is 3.57. The van der Waals surface area contributed by atoms with Crippen LogP contribution in [0.4, 0.5) is 0 Å². The lowest BCUT2D eigenvalue weighted by Gasteiger charge is -2.58. The molecule has 5 heteroatoms. The Morgan fingerprint density at radius 1 is 0.900 bits per heavy atom. The fourth-order valence-electron chi connectivity index (χ4n) is 7.17. The number of likely N-dealkylation sites (tertiary alicyclic amines) is 1. The van der Waals surface area contributed by atoms with Gasteiger partial charge in [-0.3, -0.25) is 14.5 Å². The summed E-state index contributed by atoms with van der Waals surface area (Å²) in [4.78, 5) is 30.9. The van der Waals surface area contributed by atoms with Crippen LogP contribution in [0.5, 0.6) is 0 Å². The van der Waals surface area contributed by atoms with E-state index in [2.05, 4.69) is 15.1 Å². The molecule has 30 heavy (non-hydrogen) atoms. The van der Waals surface area contributed by atoms with Crippen molar-refractivity contribution in [2.45, 2.75) is 95.6 Å². The topological polar surface area (TPSA) is 52.7 Å². The van der Waals surface area contributed by atoms with Crippen LogP contribution in [0.1, 0.15) is 83.5 Å². The molecule has 0 bridgehead atoms. The Hall–Kier alpha value is -1.10. The fourth-order valence-corrected chi connectivity index (χ4v) is 7.17. The molecule has 4 atom stereocenters. The summed E-state index contributed by atoms with van der Waals surface area (Å²) in [6, 6.07) is 1.05. The second kappa shape index (κ2) is 9.18. The molecule has 0 radical (unpaired) electrons. The highest BCUT2D eigenvalue weighted by Crippen LogP contribution is 2.44. The number of amides is 2. The second-order valence-electron chi connectivity index (χ2n) is 10.9. The lowest BCUT2D eigenvalue weighted by Crippen LogP contribution is -2.66. The molecule has 3 heterocycles. The van der Waals surface area contributed by atoms with Gasteiger partial charge in [-0.25, -0.2) is 0 Å². The Labute approximate surface area is 182 Å². The van der Waals surface area contributed by atoms with Gasteiger partial charge in [0, 0.05) is 37.5 Å². The van der Waals surface area contributed by atoms with E-state index >= 15 is 0 Å². The van der Waals surface area contributed by atoms with Crippen molar-refractivity contribution in [1.29, 1.82) is 0 Å². The summed E-state index contributed by atoms with van der Waals surface area (Å²) in [6.45, 7) is 4.36. The van der Waals surface area contributed by atoms with E-state index in [1.807, 2.05) is 0 Å². The van der Waals surface area contributed by atoms with Gasteiger partial charge in [-0.1, -0.05) is 12.8 Å². The summed E-state index contributed by atoms with van der Waals surface area (Å²) >= 11 is 0. The molecule has 5 rings (SSSR count). The molecule has 2 aliphatic carbocycles. The van der Waals surface area contributed by atoms with E-state index in [1.165, 1.54) is 64.5 Å².